The fourth-order valence-corrected chi connectivity index (χ4v) is 2.41. The van der Waals surface area contributed by atoms with Gasteiger partial charge in [-0.2, -0.15) is 0 Å². The van der Waals surface area contributed by atoms with Gasteiger partial charge in [-0.25, -0.2) is 0 Å². The molecular weight excluding hydrogens is 311 g/mol. The van der Waals surface area contributed by atoms with Crippen molar-refractivity contribution in [1.29, 1.82) is 0 Å². The summed E-state index contributed by atoms with van der Waals surface area (Å²) in [4.78, 5) is 0. The molecule has 0 heterocycles. The van der Waals surface area contributed by atoms with E-state index in [0.29, 0.717) is 0 Å². The molecule has 0 spiro atoms. The van der Waals surface area contributed by atoms with Gasteiger partial charge in [-0.05, 0) is 53.5 Å². The predicted molar refractivity (Wildman–Crippen MR) is 76.6 cm³/mol. The molecule has 0 aliphatic heterocycles. The Morgan fingerprint density at radius 1 is 1.56 bits per heavy atom. The van der Waals surface area contributed by atoms with E-state index in [9.17, 15) is 0 Å². The molecule has 1 atom stereocenters. The Kier molecular flexibility index (Phi) is 5.81. The first kappa shape index (κ1) is 13.5. The molecule has 3 heteroatoms. The molecule has 0 amide bonds. The summed E-state index contributed by atoms with van der Waals surface area (Å²) < 4.78 is 1.28. The lowest BCUT2D eigenvalue weighted by Gasteiger charge is -2.18. The van der Waals surface area contributed by atoms with Gasteiger partial charge in [-0.15, -0.1) is 12.3 Å². The van der Waals surface area contributed by atoms with Crippen molar-refractivity contribution in [2.24, 2.45) is 5.84 Å². The van der Waals surface area contributed by atoms with Crippen molar-refractivity contribution in [3.63, 3.8) is 0 Å². The molecule has 1 unspecified atom stereocenters. The lowest BCUT2D eigenvalue weighted by molar-refractivity contribution is 0.500. The number of hydrazine groups is 1. The molecule has 0 aromatic heterocycles. The van der Waals surface area contributed by atoms with E-state index in [1.54, 1.807) is 0 Å². The fourth-order valence-electron chi connectivity index (χ4n) is 1.68. The molecule has 86 valence electrons. The highest BCUT2D eigenvalue weighted by molar-refractivity contribution is 14.1. The van der Waals surface area contributed by atoms with Gasteiger partial charge in [-0.3, -0.25) is 11.3 Å². The zero-order chi connectivity index (χ0) is 12.0. The minimum Gasteiger partial charge on any atom is -0.271 e. The molecule has 0 aliphatic carbocycles. The topological polar surface area (TPSA) is 38.0 Å². The molecular formula is C13H17IN2. The molecule has 3 N–H and O–H groups in total. The molecule has 0 saturated carbocycles. The summed E-state index contributed by atoms with van der Waals surface area (Å²) in [6.07, 6.45) is 8.02. The Morgan fingerprint density at radius 2 is 2.31 bits per heavy atom. The lowest BCUT2D eigenvalue weighted by atomic mass is 10.00. The van der Waals surface area contributed by atoms with E-state index in [1.165, 1.54) is 14.7 Å². The second-order valence-electron chi connectivity index (χ2n) is 3.79. The molecule has 0 fully saturated rings. The van der Waals surface area contributed by atoms with Crippen molar-refractivity contribution in [2.45, 2.75) is 32.2 Å². The molecule has 0 bridgehead atoms. The minimum atomic E-state index is 0.195. The smallest absolute Gasteiger partial charge is 0.0470 e. The van der Waals surface area contributed by atoms with Crippen molar-refractivity contribution < 1.29 is 0 Å². The molecule has 0 saturated heterocycles. The summed E-state index contributed by atoms with van der Waals surface area (Å²) in [5.41, 5.74) is 5.42. The third kappa shape index (κ3) is 3.48. The zero-order valence-corrected chi connectivity index (χ0v) is 11.6. The van der Waals surface area contributed by atoms with Gasteiger partial charge in [0.15, 0.2) is 0 Å². The summed E-state index contributed by atoms with van der Waals surface area (Å²) in [6.45, 7) is 2.11. The Hall–Kier alpha value is -0.570. The quantitative estimate of drug-likeness (QED) is 0.287. The molecule has 1 aromatic rings. The highest BCUT2D eigenvalue weighted by Crippen LogP contribution is 2.25. The highest BCUT2D eigenvalue weighted by atomic mass is 127. The van der Waals surface area contributed by atoms with Crippen LogP contribution in [-0.2, 0) is 0 Å². The normalized spacial score (nSPS) is 12.1. The summed E-state index contributed by atoms with van der Waals surface area (Å²) in [6, 6.07) is 6.49. The number of hydrogen-bond donors (Lipinski definition) is 2. The SMILES string of the molecule is C#CCCCC(NN)c1cccc(C)c1I. The van der Waals surface area contributed by atoms with E-state index >= 15 is 0 Å². The van der Waals surface area contributed by atoms with Crippen molar-refractivity contribution >= 4 is 22.6 Å². The first-order valence-corrected chi connectivity index (χ1v) is 6.43. The van der Waals surface area contributed by atoms with Crippen LogP contribution in [0.1, 0.15) is 36.4 Å². The van der Waals surface area contributed by atoms with Crippen LogP contribution in [-0.4, -0.2) is 0 Å². The van der Waals surface area contributed by atoms with E-state index in [2.05, 4.69) is 59.1 Å². The summed E-state index contributed by atoms with van der Waals surface area (Å²) >= 11 is 2.37. The minimum absolute atomic E-state index is 0.195. The Balaban J connectivity index is 2.79. The summed E-state index contributed by atoms with van der Waals surface area (Å²) in [5, 5.41) is 0. The number of benzene rings is 1. The highest BCUT2D eigenvalue weighted by Gasteiger charge is 2.13. The fraction of sp³-hybridized carbons (Fsp3) is 0.385. The van der Waals surface area contributed by atoms with E-state index in [1.807, 2.05) is 0 Å². The average molecular weight is 328 g/mol. The number of nitrogens with one attached hydrogen (secondary N) is 1. The molecule has 16 heavy (non-hydrogen) atoms. The van der Waals surface area contributed by atoms with Crippen molar-refractivity contribution in [3.8, 4) is 12.3 Å². The first-order valence-electron chi connectivity index (χ1n) is 5.35. The van der Waals surface area contributed by atoms with E-state index in [0.717, 1.165) is 19.3 Å². The maximum absolute atomic E-state index is 5.60. The lowest BCUT2D eigenvalue weighted by Crippen LogP contribution is -2.28. The molecule has 1 aromatic carbocycles. The maximum atomic E-state index is 5.60. The van der Waals surface area contributed by atoms with Gasteiger partial charge in [0.2, 0.25) is 0 Å². The van der Waals surface area contributed by atoms with Crippen LogP contribution < -0.4 is 11.3 Å². The van der Waals surface area contributed by atoms with Gasteiger partial charge >= 0.3 is 0 Å². The Bertz CT molecular complexity index is 382. The molecule has 2 nitrogen and oxygen atoms in total. The van der Waals surface area contributed by atoms with Crippen molar-refractivity contribution in [3.05, 3.63) is 32.9 Å². The number of nitrogens with two attached hydrogens (primary N) is 1. The molecule has 0 aliphatic rings. The van der Waals surface area contributed by atoms with Gasteiger partial charge in [0.25, 0.3) is 0 Å². The van der Waals surface area contributed by atoms with E-state index in [-0.39, 0.29) is 6.04 Å². The Morgan fingerprint density at radius 3 is 2.94 bits per heavy atom. The summed E-state index contributed by atoms with van der Waals surface area (Å²) in [7, 11) is 0. The molecule has 1 rings (SSSR count). The van der Waals surface area contributed by atoms with E-state index < -0.39 is 0 Å². The third-order valence-corrected chi connectivity index (χ3v) is 4.09. The molecule has 0 radical (unpaired) electrons. The second kappa shape index (κ2) is 6.89. The Labute approximate surface area is 111 Å². The van der Waals surface area contributed by atoms with Crippen LogP contribution in [0, 0.1) is 22.8 Å². The van der Waals surface area contributed by atoms with Gasteiger partial charge in [0.1, 0.15) is 0 Å². The summed E-state index contributed by atoms with van der Waals surface area (Å²) in [5.74, 6) is 8.26. The largest absolute Gasteiger partial charge is 0.271 e. The van der Waals surface area contributed by atoms with Crippen LogP contribution in [0.5, 0.6) is 0 Å². The number of hydrogen-bond acceptors (Lipinski definition) is 2. The standard InChI is InChI=1S/C13H17IN2/c1-3-4-5-9-12(16-15)11-8-6-7-10(2)13(11)14/h1,6-8,12,16H,4-5,9,15H2,2H3. The number of terminal acetylenes is 1. The number of halogens is 1. The third-order valence-electron chi connectivity index (χ3n) is 2.61. The van der Waals surface area contributed by atoms with Crippen LogP contribution in [0.4, 0.5) is 0 Å². The predicted octanol–water partition coefficient (Wildman–Crippen LogP) is 2.91. The van der Waals surface area contributed by atoms with Gasteiger partial charge in [0.05, 0.1) is 0 Å². The monoisotopic (exact) mass is 328 g/mol. The van der Waals surface area contributed by atoms with Gasteiger partial charge in [0, 0.05) is 16.0 Å². The number of unbranched alkanes of at least 4 members (excludes halogenated alkanes) is 1. The number of aryl methyl sites for hydroxylation is 1. The first-order chi connectivity index (χ1) is 7.70. The second-order valence-corrected chi connectivity index (χ2v) is 4.87. The van der Waals surface area contributed by atoms with Crippen LogP contribution in [0.2, 0.25) is 0 Å². The van der Waals surface area contributed by atoms with Crippen molar-refractivity contribution in [1.82, 2.24) is 5.43 Å². The van der Waals surface area contributed by atoms with Crippen LogP contribution >= 0.6 is 22.6 Å². The average Bonchev–Trinajstić information content (AvgIpc) is 2.29. The zero-order valence-electron chi connectivity index (χ0n) is 9.46. The maximum Gasteiger partial charge on any atom is 0.0470 e. The van der Waals surface area contributed by atoms with Gasteiger partial charge in [-0.1, -0.05) is 18.2 Å². The van der Waals surface area contributed by atoms with Crippen LogP contribution in [0.25, 0.3) is 0 Å². The van der Waals surface area contributed by atoms with Gasteiger partial charge < -0.3 is 0 Å². The van der Waals surface area contributed by atoms with Crippen LogP contribution in [0.15, 0.2) is 18.2 Å². The van der Waals surface area contributed by atoms with Crippen molar-refractivity contribution in [2.75, 3.05) is 0 Å². The van der Waals surface area contributed by atoms with E-state index in [4.69, 9.17) is 12.3 Å². The number of rotatable bonds is 5. The van der Waals surface area contributed by atoms with Crippen LogP contribution in [0.3, 0.4) is 0 Å².